The monoisotopic (exact) mass is 308 g/mol. The lowest BCUT2D eigenvalue weighted by Gasteiger charge is -2.26. The molecule has 0 aliphatic heterocycles. The van der Waals surface area contributed by atoms with E-state index in [2.05, 4.69) is 17.4 Å². The van der Waals surface area contributed by atoms with Crippen LogP contribution in [-0.4, -0.2) is 46.8 Å². The molecule has 1 aliphatic carbocycles. The highest BCUT2D eigenvalue weighted by Gasteiger charge is 2.45. The Morgan fingerprint density at radius 3 is 2.52 bits per heavy atom. The Kier molecular flexibility index (Phi) is 5.04. The lowest BCUT2D eigenvalue weighted by atomic mass is 9.95. The van der Waals surface area contributed by atoms with E-state index in [-0.39, 0.29) is 17.5 Å². The zero-order valence-electron chi connectivity index (χ0n) is 13.0. The second kappa shape index (κ2) is 6.60. The van der Waals surface area contributed by atoms with E-state index in [9.17, 15) is 9.00 Å². The Morgan fingerprint density at radius 2 is 2.00 bits per heavy atom. The van der Waals surface area contributed by atoms with Crippen LogP contribution in [0.2, 0.25) is 0 Å². The van der Waals surface area contributed by atoms with Gasteiger partial charge in [-0.1, -0.05) is 30.3 Å². The SMILES string of the molecule is C[C@@H](C[S@](C)=O)NC(=O)N(C)CC1(c2ccccc2)CC1. The third-order valence-corrected chi connectivity index (χ3v) is 4.95. The van der Waals surface area contributed by atoms with Crippen molar-refractivity contribution in [3.8, 4) is 0 Å². The number of hydrogen-bond acceptors (Lipinski definition) is 2. The number of urea groups is 1. The van der Waals surface area contributed by atoms with Crippen molar-refractivity contribution >= 4 is 16.8 Å². The summed E-state index contributed by atoms with van der Waals surface area (Å²) in [7, 11) is 0.932. The molecule has 5 heteroatoms. The summed E-state index contributed by atoms with van der Waals surface area (Å²) in [5.74, 6) is 0.489. The number of nitrogens with zero attached hydrogens (tertiary/aromatic N) is 1. The molecule has 1 N–H and O–H groups in total. The number of likely N-dealkylation sites (N-methyl/N-ethyl adjacent to an activating group) is 1. The Balaban J connectivity index is 1.91. The third-order valence-electron chi connectivity index (χ3n) is 3.98. The van der Waals surface area contributed by atoms with Crippen LogP contribution in [0.25, 0.3) is 0 Å². The second-order valence-corrected chi connectivity index (χ2v) is 7.57. The van der Waals surface area contributed by atoms with Crippen LogP contribution in [0.4, 0.5) is 4.79 Å². The van der Waals surface area contributed by atoms with E-state index in [0.717, 1.165) is 19.4 Å². The van der Waals surface area contributed by atoms with E-state index in [4.69, 9.17) is 0 Å². The van der Waals surface area contributed by atoms with Gasteiger partial charge in [0.25, 0.3) is 0 Å². The first-order valence-corrected chi connectivity index (χ1v) is 9.03. The van der Waals surface area contributed by atoms with Gasteiger partial charge in [0, 0.05) is 47.9 Å². The van der Waals surface area contributed by atoms with Crippen LogP contribution in [0.3, 0.4) is 0 Å². The maximum absolute atomic E-state index is 12.2. The minimum absolute atomic E-state index is 0.0716. The second-order valence-electron chi connectivity index (χ2n) is 6.09. The maximum Gasteiger partial charge on any atom is 0.317 e. The molecule has 1 aliphatic rings. The van der Waals surface area contributed by atoms with Crippen molar-refractivity contribution in [1.82, 2.24) is 10.2 Å². The standard InChI is InChI=1S/C16H24N2O2S/c1-13(11-21(3)20)17-15(19)18(2)12-16(9-10-16)14-7-5-4-6-8-14/h4-8,13H,9-12H2,1-3H3,(H,17,19)/t13-,21-/m0/s1. The fourth-order valence-electron chi connectivity index (χ4n) is 2.72. The van der Waals surface area contributed by atoms with Gasteiger partial charge in [-0.15, -0.1) is 0 Å². The largest absolute Gasteiger partial charge is 0.335 e. The summed E-state index contributed by atoms with van der Waals surface area (Å²) in [4.78, 5) is 13.9. The molecule has 4 nitrogen and oxygen atoms in total. The molecule has 2 rings (SSSR count). The van der Waals surface area contributed by atoms with Crippen LogP contribution in [-0.2, 0) is 16.2 Å². The van der Waals surface area contributed by atoms with Crippen molar-refractivity contribution in [1.29, 1.82) is 0 Å². The van der Waals surface area contributed by atoms with Crippen molar-refractivity contribution in [3.63, 3.8) is 0 Å². The van der Waals surface area contributed by atoms with Crippen molar-refractivity contribution < 1.29 is 9.00 Å². The number of benzene rings is 1. The van der Waals surface area contributed by atoms with Crippen LogP contribution in [0.5, 0.6) is 0 Å². The zero-order chi connectivity index (χ0) is 15.5. The molecule has 2 amide bonds. The molecule has 0 heterocycles. The molecule has 0 radical (unpaired) electrons. The van der Waals surface area contributed by atoms with Gasteiger partial charge in [-0.2, -0.15) is 0 Å². The van der Waals surface area contributed by atoms with Crippen LogP contribution in [0.1, 0.15) is 25.3 Å². The topological polar surface area (TPSA) is 49.4 Å². The zero-order valence-corrected chi connectivity index (χ0v) is 13.8. The van der Waals surface area contributed by atoms with Crippen LogP contribution >= 0.6 is 0 Å². The summed E-state index contributed by atoms with van der Waals surface area (Å²) in [6, 6.07) is 10.2. The smallest absolute Gasteiger partial charge is 0.317 e. The van der Waals surface area contributed by atoms with Gasteiger partial charge in [0.1, 0.15) is 0 Å². The molecular weight excluding hydrogens is 284 g/mol. The van der Waals surface area contributed by atoms with Crippen molar-refractivity contribution in [2.24, 2.45) is 0 Å². The molecule has 1 aromatic carbocycles. The van der Waals surface area contributed by atoms with Gasteiger partial charge in [-0.3, -0.25) is 4.21 Å². The summed E-state index contributed by atoms with van der Waals surface area (Å²) in [6.45, 7) is 2.61. The molecule has 0 unspecified atom stereocenters. The summed E-state index contributed by atoms with van der Waals surface area (Å²) in [6.07, 6.45) is 3.91. The molecule has 2 atom stereocenters. The molecule has 1 saturated carbocycles. The molecule has 0 saturated heterocycles. The van der Waals surface area contributed by atoms with Crippen molar-refractivity contribution in [2.45, 2.75) is 31.2 Å². The normalized spacial score (nSPS) is 18.6. The van der Waals surface area contributed by atoms with Crippen LogP contribution in [0, 0.1) is 0 Å². The van der Waals surface area contributed by atoms with Gasteiger partial charge in [-0.05, 0) is 25.3 Å². The molecule has 0 spiro atoms. The van der Waals surface area contributed by atoms with E-state index in [1.165, 1.54) is 5.56 Å². The Hall–Kier alpha value is -1.36. The Morgan fingerprint density at radius 1 is 1.38 bits per heavy atom. The Bertz CT molecular complexity index is 514. The summed E-state index contributed by atoms with van der Waals surface area (Å²) >= 11 is 0. The number of nitrogens with one attached hydrogen (secondary N) is 1. The molecule has 0 bridgehead atoms. The molecule has 1 fully saturated rings. The minimum atomic E-state index is -0.895. The lowest BCUT2D eigenvalue weighted by molar-refractivity contribution is 0.202. The summed E-state index contributed by atoms with van der Waals surface area (Å²) in [5, 5.41) is 2.91. The van der Waals surface area contributed by atoms with Gasteiger partial charge in [-0.25, -0.2) is 4.79 Å². The fraction of sp³-hybridized carbons (Fsp3) is 0.562. The first kappa shape index (κ1) is 16.0. The third kappa shape index (κ3) is 4.30. The van der Waals surface area contributed by atoms with Gasteiger partial charge in [0.05, 0.1) is 0 Å². The number of amides is 2. The van der Waals surface area contributed by atoms with Crippen LogP contribution < -0.4 is 5.32 Å². The highest BCUT2D eigenvalue weighted by molar-refractivity contribution is 7.84. The van der Waals surface area contributed by atoms with E-state index >= 15 is 0 Å². The van der Waals surface area contributed by atoms with Gasteiger partial charge in [0.15, 0.2) is 0 Å². The molecule has 1 aromatic rings. The number of carbonyl (C=O) groups excluding carboxylic acids is 1. The number of carbonyl (C=O) groups is 1. The molecule has 116 valence electrons. The van der Waals surface area contributed by atoms with Crippen LogP contribution in [0.15, 0.2) is 30.3 Å². The first-order chi connectivity index (χ1) is 9.93. The number of hydrogen-bond donors (Lipinski definition) is 1. The quantitative estimate of drug-likeness (QED) is 0.875. The minimum Gasteiger partial charge on any atom is -0.335 e. The average molecular weight is 308 g/mol. The fourth-order valence-corrected chi connectivity index (χ4v) is 3.51. The number of rotatable bonds is 6. The highest BCUT2D eigenvalue weighted by atomic mass is 32.2. The first-order valence-electron chi connectivity index (χ1n) is 7.30. The molecular formula is C16H24N2O2S. The average Bonchev–Trinajstić information content (AvgIpc) is 3.19. The highest BCUT2D eigenvalue weighted by Crippen LogP contribution is 2.48. The van der Waals surface area contributed by atoms with Crippen molar-refractivity contribution in [3.05, 3.63) is 35.9 Å². The molecule has 21 heavy (non-hydrogen) atoms. The maximum atomic E-state index is 12.2. The molecule has 0 aromatic heterocycles. The van der Waals surface area contributed by atoms with E-state index in [1.807, 2.05) is 32.2 Å². The predicted octanol–water partition coefficient (Wildman–Crippen LogP) is 2.13. The lowest BCUT2D eigenvalue weighted by Crippen LogP contribution is -2.46. The summed E-state index contributed by atoms with van der Waals surface area (Å²) < 4.78 is 11.2. The van der Waals surface area contributed by atoms with Gasteiger partial charge in [0.2, 0.25) is 0 Å². The summed E-state index contributed by atoms with van der Waals surface area (Å²) in [5.41, 5.74) is 1.44. The Labute approximate surface area is 129 Å². The van der Waals surface area contributed by atoms with Gasteiger partial charge < -0.3 is 10.2 Å². The van der Waals surface area contributed by atoms with Gasteiger partial charge >= 0.3 is 6.03 Å². The van der Waals surface area contributed by atoms with E-state index in [0.29, 0.717) is 5.75 Å². The van der Waals surface area contributed by atoms with Crippen molar-refractivity contribution in [2.75, 3.05) is 25.6 Å². The van der Waals surface area contributed by atoms with E-state index in [1.54, 1.807) is 11.2 Å². The van der Waals surface area contributed by atoms with E-state index < -0.39 is 10.8 Å². The predicted molar refractivity (Wildman–Crippen MR) is 86.9 cm³/mol.